The highest BCUT2D eigenvalue weighted by molar-refractivity contribution is 7.91. The Morgan fingerprint density at radius 1 is 1.33 bits per heavy atom. The molecule has 0 aliphatic carbocycles. The van der Waals surface area contributed by atoms with Gasteiger partial charge in [-0.15, -0.1) is 0 Å². The SMILES string of the molecule is O=S1(=O)CC(O)C(O[C@H]2CCCNC2)C1. The fourth-order valence-electron chi connectivity index (χ4n) is 2.11. The average molecular weight is 235 g/mol. The molecule has 0 spiro atoms. The largest absolute Gasteiger partial charge is 0.389 e. The molecule has 0 amide bonds. The second-order valence-corrected chi connectivity index (χ2v) is 6.44. The van der Waals surface area contributed by atoms with Crippen molar-refractivity contribution in [2.75, 3.05) is 24.6 Å². The third-order valence-electron chi connectivity index (χ3n) is 2.89. The van der Waals surface area contributed by atoms with Gasteiger partial charge in [0, 0.05) is 6.54 Å². The molecule has 2 aliphatic rings. The molecular weight excluding hydrogens is 218 g/mol. The summed E-state index contributed by atoms with van der Waals surface area (Å²) in [5.41, 5.74) is 0. The lowest BCUT2D eigenvalue weighted by Crippen LogP contribution is -2.40. The van der Waals surface area contributed by atoms with E-state index in [1.165, 1.54) is 0 Å². The van der Waals surface area contributed by atoms with Crippen molar-refractivity contribution in [1.29, 1.82) is 0 Å². The van der Waals surface area contributed by atoms with Crippen molar-refractivity contribution >= 4 is 9.84 Å². The molecule has 2 aliphatic heterocycles. The van der Waals surface area contributed by atoms with Gasteiger partial charge in [0.25, 0.3) is 0 Å². The standard InChI is InChI=1S/C9H17NO4S/c11-8-5-15(12,13)6-9(8)14-7-2-1-3-10-4-7/h7-11H,1-6H2/t7-,8?,9?/m0/s1. The Morgan fingerprint density at radius 3 is 2.67 bits per heavy atom. The van der Waals surface area contributed by atoms with Crippen LogP contribution in [0.4, 0.5) is 0 Å². The smallest absolute Gasteiger partial charge is 0.155 e. The molecule has 2 N–H and O–H groups in total. The highest BCUT2D eigenvalue weighted by Crippen LogP contribution is 2.19. The molecule has 2 saturated heterocycles. The summed E-state index contributed by atoms with van der Waals surface area (Å²) in [7, 11) is -3.09. The summed E-state index contributed by atoms with van der Waals surface area (Å²) in [6, 6.07) is 0. The van der Waals surface area contributed by atoms with Gasteiger partial charge in [-0.3, -0.25) is 0 Å². The Labute approximate surface area is 89.7 Å². The van der Waals surface area contributed by atoms with Crippen LogP contribution in [0.1, 0.15) is 12.8 Å². The van der Waals surface area contributed by atoms with Crippen LogP contribution in [0.15, 0.2) is 0 Å². The van der Waals surface area contributed by atoms with E-state index in [1.54, 1.807) is 0 Å². The summed E-state index contributed by atoms with van der Waals surface area (Å²) in [5, 5.41) is 12.7. The van der Waals surface area contributed by atoms with Gasteiger partial charge in [-0.1, -0.05) is 0 Å². The molecule has 0 aromatic rings. The number of aliphatic hydroxyl groups is 1. The van der Waals surface area contributed by atoms with Gasteiger partial charge in [0.1, 0.15) is 0 Å². The molecule has 6 heteroatoms. The molecule has 2 unspecified atom stereocenters. The van der Waals surface area contributed by atoms with Crippen molar-refractivity contribution in [2.24, 2.45) is 0 Å². The predicted octanol–water partition coefficient (Wildman–Crippen LogP) is -1.09. The van der Waals surface area contributed by atoms with Gasteiger partial charge in [0.2, 0.25) is 0 Å². The normalized spacial score (nSPS) is 40.5. The number of hydrogen-bond acceptors (Lipinski definition) is 5. The summed E-state index contributed by atoms with van der Waals surface area (Å²) in [6.07, 6.45) is 0.653. The van der Waals surface area contributed by atoms with Gasteiger partial charge in [0.05, 0.1) is 29.8 Å². The van der Waals surface area contributed by atoms with E-state index in [0.29, 0.717) is 0 Å². The first-order chi connectivity index (χ1) is 7.07. The van der Waals surface area contributed by atoms with Crippen LogP contribution in [0.3, 0.4) is 0 Å². The molecule has 15 heavy (non-hydrogen) atoms. The van der Waals surface area contributed by atoms with Crippen molar-refractivity contribution in [3.05, 3.63) is 0 Å². The van der Waals surface area contributed by atoms with Crippen LogP contribution in [0.2, 0.25) is 0 Å². The van der Waals surface area contributed by atoms with Crippen LogP contribution < -0.4 is 5.32 Å². The summed E-state index contributed by atoms with van der Waals surface area (Å²) in [6.45, 7) is 1.74. The second kappa shape index (κ2) is 4.37. The minimum Gasteiger partial charge on any atom is -0.389 e. The van der Waals surface area contributed by atoms with Gasteiger partial charge in [-0.25, -0.2) is 8.42 Å². The second-order valence-electron chi connectivity index (χ2n) is 4.29. The molecule has 2 heterocycles. The Kier molecular flexibility index (Phi) is 3.30. The van der Waals surface area contributed by atoms with Crippen LogP contribution in [0.25, 0.3) is 0 Å². The summed E-state index contributed by atoms with van der Waals surface area (Å²) < 4.78 is 28.1. The lowest BCUT2D eigenvalue weighted by Gasteiger charge is -2.26. The first kappa shape index (κ1) is 11.3. The van der Waals surface area contributed by atoms with Gasteiger partial charge in [-0.05, 0) is 19.4 Å². The minimum atomic E-state index is -3.09. The van der Waals surface area contributed by atoms with E-state index < -0.39 is 22.0 Å². The number of rotatable bonds is 2. The van der Waals surface area contributed by atoms with Crippen molar-refractivity contribution in [3.63, 3.8) is 0 Å². The molecule has 88 valence electrons. The van der Waals surface area contributed by atoms with Crippen molar-refractivity contribution in [2.45, 2.75) is 31.2 Å². The van der Waals surface area contributed by atoms with E-state index in [9.17, 15) is 13.5 Å². The Bertz CT molecular complexity index is 310. The van der Waals surface area contributed by atoms with Crippen molar-refractivity contribution in [1.82, 2.24) is 5.32 Å². The molecule has 0 radical (unpaired) electrons. The maximum Gasteiger partial charge on any atom is 0.155 e. The molecule has 2 fully saturated rings. The highest BCUT2D eigenvalue weighted by Gasteiger charge is 2.38. The Morgan fingerprint density at radius 2 is 2.13 bits per heavy atom. The van der Waals surface area contributed by atoms with Crippen LogP contribution in [0, 0.1) is 0 Å². The molecule has 0 saturated carbocycles. The quantitative estimate of drug-likeness (QED) is 0.636. The van der Waals surface area contributed by atoms with Gasteiger partial charge >= 0.3 is 0 Å². The van der Waals surface area contributed by atoms with Gasteiger partial charge in [0.15, 0.2) is 9.84 Å². The highest BCUT2D eigenvalue weighted by atomic mass is 32.2. The summed E-state index contributed by atoms with van der Waals surface area (Å²) in [5.74, 6) is -0.192. The van der Waals surface area contributed by atoms with Crippen molar-refractivity contribution < 1.29 is 18.3 Å². The fourth-order valence-corrected chi connectivity index (χ4v) is 3.78. The van der Waals surface area contributed by atoms with Crippen molar-refractivity contribution in [3.8, 4) is 0 Å². The number of piperidine rings is 1. The minimum absolute atomic E-state index is 0.0370. The maximum absolute atomic E-state index is 11.2. The fraction of sp³-hybridized carbons (Fsp3) is 1.00. The molecular formula is C9H17NO4S. The van der Waals surface area contributed by atoms with E-state index in [-0.39, 0.29) is 17.6 Å². The maximum atomic E-state index is 11.2. The van der Waals surface area contributed by atoms with Gasteiger partial charge < -0.3 is 15.2 Å². The number of aliphatic hydroxyl groups excluding tert-OH is 1. The van der Waals surface area contributed by atoms with Crippen LogP contribution in [-0.2, 0) is 14.6 Å². The van der Waals surface area contributed by atoms with Crippen LogP contribution in [0.5, 0.6) is 0 Å². The zero-order valence-electron chi connectivity index (χ0n) is 8.55. The van der Waals surface area contributed by atoms with E-state index in [1.807, 2.05) is 0 Å². The average Bonchev–Trinajstić information content (AvgIpc) is 2.41. The summed E-state index contributed by atoms with van der Waals surface area (Å²) >= 11 is 0. The number of hydrogen-bond donors (Lipinski definition) is 2. The first-order valence-corrected chi connectivity index (χ1v) is 7.14. The lowest BCUT2D eigenvalue weighted by molar-refractivity contribution is -0.0592. The number of sulfone groups is 1. The molecule has 5 nitrogen and oxygen atoms in total. The molecule has 0 aromatic carbocycles. The topological polar surface area (TPSA) is 75.6 Å². The van der Waals surface area contributed by atoms with Crippen LogP contribution >= 0.6 is 0 Å². The third kappa shape index (κ3) is 2.90. The van der Waals surface area contributed by atoms with Gasteiger partial charge in [-0.2, -0.15) is 0 Å². The molecule has 0 bridgehead atoms. The summed E-state index contributed by atoms with van der Waals surface area (Å²) in [4.78, 5) is 0. The predicted molar refractivity (Wildman–Crippen MR) is 55.4 cm³/mol. The van der Waals surface area contributed by atoms with E-state index in [0.717, 1.165) is 25.9 Å². The first-order valence-electron chi connectivity index (χ1n) is 5.31. The number of nitrogens with one attached hydrogen (secondary N) is 1. The van der Waals surface area contributed by atoms with E-state index in [4.69, 9.17) is 4.74 Å². The zero-order valence-corrected chi connectivity index (χ0v) is 9.37. The number of ether oxygens (including phenoxy) is 1. The zero-order chi connectivity index (χ0) is 10.9. The lowest BCUT2D eigenvalue weighted by atomic mass is 10.1. The molecule has 0 aromatic heterocycles. The van der Waals surface area contributed by atoms with E-state index >= 15 is 0 Å². The molecule has 2 rings (SSSR count). The Balaban J connectivity index is 1.89. The molecule has 3 atom stereocenters. The monoisotopic (exact) mass is 235 g/mol. The van der Waals surface area contributed by atoms with Crippen LogP contribution in [-0.4, -0.2) is 56.4 Å². The third-order valence-corrected chi connectivity index (χ3v) is 4.58. The Hall–Kier alpha value is -0.170. The van der Waals surface area contributed by atoms with E-state index in [2.05, 4.69) is 5.32 Å².